The van der Waals surface area contributed by atoms with E-state index in [0.717, 1.165) is 38.0 Å². The number of halogens is 2. The average molecular weight is 461 g/mol. The molecule has 2 aromatic heterocycles. The van der Waals surface area contributed by atoms with Gasteiger partial charge < -0.3 is 4.74 Å². The lowest BCUT2D eigenvalue weighted by Crippen LogP contribution is -2.39. The van der Waals surface area contributed by atoms with Crippen LogP contribution in [0.4, 0.5) is 0 Å². The minimum Gasteiger partial charge on any atom is -0.456 e. The highest BCUT2D eigenvalue weighted by atomic mass is 35.5. The van der Waals surface area contributed by atoms with E-state index < -0.39 is 0 Å². The largest absolute Gasteiger partial charge is 0.456 e. The van der Waals surface area contributed by atoms with E-state index in [4.69, 9.17) is 27.9 Å². The highest BCUT2D eigenvalue weighted by Crippen LogP contribution is 2.29. The molecule has 1 fully saturated rings. The van der Waals surface area contributed by atoms with Crippen LogP contribution in [0.25, 0.3) is 0 Å². The van der Waals surface area contributed by atoms with Crippen LogP contribution in [0.5, 0.6) is 11.5 Å². The predicted octanol–water partition coefficient (Wildman–Crippen LogP) is 4.18. The van der Waals surface area contributed by atoms with Crippen LogP contribution in [0.3, 0.4) is 0 Å². The van der Waals surface area contributed by atoms with Crippen molar-refractivity contribution in [2.45, 2.75) is 32.4 Å². The van der Waals surface area contributed by atoms with Gasteiger partial charge in [0.05, 0.1) is 6.20 Å². The van der Waals surface area contributed by atoms with Gasteiger partial charge in [-0.25, -0.2) is 4.79 Å². The number of aromatic nitrogens is 3. The van der Waals surface area contributed by atoms with E-state index in [9.17, 15) is 9.59 Å². The van der Waals surface area contributed by atoms with Gasteiger partial charge >= 0.3 is 5.69 Å². The fraction of sp³-hybridized carbons (Fsp3) is 0.318. The van der Waals surface area contributed by atoms with Crippen molar-refractivity contribution in [1.82, 2.24) is 19.4 Å². The molecule has 0 amide bonds. The van der Waals surface area contributed by atoms with Crippen LogP contribution in [0.15, 0.2) is 52.4 Å². The van der Waals surface area contributed by atoms with E-state index in [1.54, 1.807) is 42.1 Å². The molecule has 7 nitrogen and oxygen atoms in total. The highest BCUT2D eigenvalue weighted by Gasteiger charge is 2.22. The molecule has 0 saturated carbocycles. The molecular formula is C22H22Cl2N4O3. The van der Waals surface area contributed by atoms with Crippen LogP contribution in [-0.4, -0.2) is 32.5 Å². The Morgan fingerprint density at radius 2 is 1.77 bits per heavy atom. The second kappa shape index (κ2) is 9.26. The summed E-state index contributed by atoms with van der Waals surface area (Å²) in [5, 5.41) is 1.01. The molecule has 4 rings (SSSR count). The molecule has 0 unspecified atom stereocenters. The standard InChI is InChI=1S/C22H22Cl2N4O3/c1-14-12-28(22(30)26-21(14)29)18-2-4-27(5-3-18)13-15-6-20(11-25-10-15)31-19-8-16(23)7-17(24)9-19/h6-12,18H,2-5,13H2,1H3,(H,26,29,30). The summed E-state index contributed by atoms with van der Waals surface area (Å²) in [6.45, 7) is 4.12. The molecule has 1 aromatic carbocycles. The van der Waals surface area contributed by atoms with Crippen molar-refractivity contribution in [1.29, 1.82) is 0 Å². The Labute approximate surface area is 189 Å². The first-order chi connectivity index (χ1) is 14.9. The van der Waals surface area contributed by atoms with E-state index in [0.29, 0.717) is 27.1 Å². The summed E-state index contributed by atoms with van der Waals surface area (Å²) in [7, 11) is 0. The molecular weight excluding hydrogens is 439 g/mol. The highest BCUT2D eigenvalue weighted by molar-refractivity contribution is 6.34. The minimum atomic E-state index is -0.343. The Balaban J connectivity index is 1.39. The SMILES string of the molecule is Cc1cn(C2CCN(Cc3cncc(Oc4cc(Cl)cc(Cl)c4)c3)CC2)c(=O)[nH]c1=O. The average Bonchev–Trinajstić information content (AvgIpc) is 2.71. The van der Waals surface area contributed by atoms with Crippen molar-refractivity contribution in [2.75, 3.05) is 13.1 Å². The zero-order valence-corrected chi connectivity index (χ0v) is 18.5. The smallest absolute Gasteiger partial charge is 0.328 e. The van der Waals surface area contributed by atoms with Gasteiger partial charge in [0.25, 0.3) is 5.56 Å². The zero-order valence-electron chi connectivity index (χ0n) is 17.0. The van der Waals surface area contributed by atoms with Crippen molar-refractivity contribution >= 4 is 23.2 Å². The van der Waals surface area contributed by atoms with E-state index in [-0.39, 0.29) is 17.3 Å². The third-order valence-corrected chi connectivity index (χ3v) is 5.78. The number of nitrogens with one attached hydrogen (secondary N) is 1. The number of ether oxygens (including phenoxy) is 1. The maximum atomic E-state index is 12.1. The van der Waals surface area contributed by atoms with Crippen molar-refractivity contribution in [2.24, 2.45) is 0 Å². The predicted molar refractivity (Wildman–Crippen MR) is 120 cm³/mol. The van der Waals surface area contributed by atoms with E-state index in [2.05, 4.69) is 14.9 Å². The molecule has 9 heteroatoms. The molecule has 0 spiro atoms. The monoisotopic (exact) mass is 460 g/mol. The summed E-state index contributed by atoms with van der Waals surface area (Å²) in [6, 6.07) is 7.08. The molecule has 162 valence electrons. The third kappa shape index (κ3) is 5.36. The molecule has 0 bridgehead atoms. The summed E-state index contributed by atoms with van der Waals surface area (Å²) < 4.78 is 7.51. The number of nitrogens with zero attached hydrogens (tertiary/aromatic N) is 3. The normalized spacial score (nSPS) is 15.2. The maximum Gasteiger partial charge on any atom is 0.328 e. The molecule has 1 aliphatic heterocycles. The summed E-state index contributed by atoms with van der Waals surface area (Å²) in [4.78, 5) is 32.7. The van der Waals surface area contributed by atoms with Crippen molar-refractivity contribution < 1.29 is 4.74 Å². The maximum absolute atomic E-state index is 12.1. The quantitative estimate of drug-likeness (QED) is 0.617. The fourth-order valence-electron chi connectivity index (χ4n) is 3.80. The number of H-pyrrole nitrogens is 1. The molecule has 31 heavy (non-hydrogen) atoms. The Morgan fingerprint density at radius 1 is 1.06 bits per heavy atom. The van der Waals surface area contributed by atoms with Crippen LogP contribution >= 0.6 is 23.2 Å². The first-order valence-electron chi connectivity index (χ1n) is 10.00. The Kier molecular flexibility index (Phi) is 6.46. The molecule has 0 aliphatic carbocycles. The van der Waals surface area contributed by atoms with Gasteiger partial charge in [-0.2, -0.15) is 0 Å². The van der Waals surface area contributed by atoms with Crippen LogP contribution in [0.1, 0.15) is 30.0 Å². The molecule has 3 heterocycles. The molecule has 1 N–H and O–H groups in total. The lowest BCUT2D eigenvalue weighted by Gasteiger charge is -2.32. The summed E-state index contributed by atoms with van der Waals surface area (Å²) in [5.74, 6) is 1.17. The van der Waals surface area contributed by atoms with Gasteiger partial charge in [0.15, 0.2) is 0 Å². The van der Waals surface area contributed by atoms with E-state index in [1.807, 2.05) is 12.3 Å². The Hall–Kier alpha value is -2.61. The van der Waals surface area contributed by atoms with Gasteiger partial charge in [0.2, 0.25) is 0 Å². The van der Waals surface area contributed by atoms with Crippen LogP contribution < -0.4 is 16.0 Å². The van der Waals surface area contributed by atoms with Crippen molar-refractivity contribution in [3.05, 3.63) is 84.9 Å². The number of benzene rings is 1. The van der Waals surface area contributed by atoms with Gasteiger partial charge in [0.1, 0.15) is 11.5 Å². The molecule has 0 atom stereocenters. The number of likely N-dealkylation sites (tertiary alicyclic amines) is 1. The number of piperidine rings is 1. The summed E-state index contributed by atoms with van der Waals surface area (Å²) in [6.07, 6.45) is 6.79. The number of pyridine rings is 1. The number of rotatable bonds is 5. The van der Waals surface area contributed by atoms with Gasteiger partial charge in [-0.05, 0) is 49.6 Å². The van der Waals surface area contributed by atoms with Gasteiger partial charge in [-0.3, -0.25) is 24.2 Å². The first kappa shape index (κ1) is 21.6. The van der Waals surface area contributed by atoms with Crippen molar-refractivity contribution in [3.8, 4) is 11.5 Å². The fourth-order valence-corrected chi connectivity index (χ4v) is 4.31. The van der Waals surface area contributed by atoms with Gasteiger partial charge in [-0.15, -0.1) is 0 Å². The molecule has 1 aliphatic rings. The lowest BCUT2D eigenvalue weighted by molar-refractivity contribution is 0.176. The second-order valence-corrected chi connectivity index (χ2v) is 8.59. The lowest BCUT2D eigenvalue weighted by atomic mass is 10.0. The van der Waals surface area contributed by atoms with Crippen LogP contribution in [0, 0.1) is 6.92 Å². The topological polar surface area (TPSA) is 80.2 Å². The number of aromatic amines is 1. The van der Waals surface area contributed by atoms with Gasteiger partial charge in [0, 0.05) is 53.7 Å². The molecule has 3 aromatic rings. The third-order valence-electron chi connectivity index (χ3n) is 5.34. The second-order valence-electron chi connectivity index (χ2n) is 7.72. The number of aryl methyl sites for hydroxylation is 1. The number of hydrogen-bond donors (Lipinski definition) is 1. The van der Waals surface area contributed by atoms with Crippen LogP contribution in [0.2, 0.25) is 10.0 Å². The van der Waals surface area contributed by atoms with Crippen molar-refractivity contribution in [3.63, 3.8) is 0 Å². The summed E-state index contributed by atoms with van der Waals surface area (Å²) in [5.41, 5.74) is 0.907. The Morgan fingerprint density at radius 3 is 2.48 bits per heavy atom. The molecule has 0 radical (unpaired) electrons. The number of hydrogen-bond acceptors (Lipinski definition) is 5. The first-order valence-corrected chi connectivity index (χ1v) is 10.8. The molecule has 1 saturated heterocycles. The Bertz CT molecular complexity index is 1180. The zero-order chi connectivity index (χ0) is 22.0. The van der Waals surface area contributed by atoms with E-state index in [1.165, 1.54) is 0 Å². The van der Waals surface area contributed by atoms with Gasteiger partial charge in [-0.1, -0.05) is 23.2 Å². The van der Waals surface area contributed by atoms with Crippen LogP contribution in [-0.2, 0) is 6.54 Å². The summed E-state index contributed by atoms with van der Waals surface area (Å²) >= 11 is 12.1. The van der Waals surface area contributed by atoms with E-state index >= 15 is 0 Å². The minimum absolute atomic E-state index is 0.0830.